The summed E-state index contributed by atoms with van der Waals surface area (Å²) in [6.45, 7) is 6.56. The Morgan fingerprint density at radius 1 is 1.36 bits per heavy atom. The Hall–Kier alpha value is -1.93. The average molecular weight is 382 g/mol. The monoisotopic (exact) mass is 381 g/mol. The summed E-state index contributed by atoms with van der Waals surface area (Å²) in [6, 6.07) is 3.76. The second-order valence-corrected chi connectivity index (χ2v) is 7.89. The van der Waals surface area contributed by atoms with Gasteiger partial charge in [0.25, 0.3) is 5.91 Å². The molecule has 2 aromatic rings. The summed E-state index contributed by atoms with van der Waals surface area (Å²) in [5.41, 5.74) is 0. The molecule has 0 saturated heterocycles. The van der Waals surface area contributed by atoms with Crippen LogP contribution in [0.1, 0.15) is 36.9 Å². The maximum absolute atomic E-state index is 12.3. The number of carbonyl (C=O) groups excluding carboxylic acids is 2. The van der Waals surface area contributed by atoms with Gasteiger partial charge in [0.05, 0.1) is 17.7 Å². The molecule has 2 rings (SSSR count). The van der Waals surface area contributed by atoms with Crippen LogP contribution in [0.25, 0.3) is 9.88 Å². The fraction of sp³-hybridized carbons (Fsp3) is 0.471. The molecule has 0 fully saturated rings. The van der Waals surface area contributed by atoms with Crippen molar-refractivity contribution in [2.24, 2.45) is 5.92 Å². The zero-order chi connectivity index (χ0) is 18.2. The van der Waals surface area contributed by atoms with Gasteiger partial charge in [0.1, 0.15) is 9.88 Å². The smallest absolute Gasteiger partial charge is 0.407 e. The van der Waals surface area contributed by atoms with Crippen LogP contribution in [0, 0.1) is 5.92 Å². The van der Waals surface area contributed by atoms with Crippen LogP contribution in [0.3, 0.4) is 0 Å². The van der Waals surface area contributed by atoms with Gasteiger partial charge in [-0.05, 0) is 30.7 Å². The van der Waals surface area contributed by atoms with Crippen molar-refractivity contribution < 1.29 is 14.3 Å². The molecule has 6 nitrogen and oxygen atoms in total. The molecule has 0 bridgehead atoms. The molecular formula is C17H23N3O3S2. The van der Waals surface area contributed by atoms with Gasteiger partial charge in [-0.25, -0.2) is 9.78 Å². The second-order valence-electron chi connectivity index (χ2n) is 5.91. The van der Waals surface area contributed by atoms with E-state index in [1.54, 1.807) is 24.5 Å². The predicted molar refractivity (Wildman–Crippen MR) is 101 cm³/mol. The normalized spacial score (nSPS) is 12.0. The molecule has 2 heterocycles. The summed E-state index contributed by atoms with van der Waals surface area (Å²) in [7, 11) is 0. The molecule has 0 aromatic carbocycles. The average Bonchev–Trinajstić information content (AvgIpc) is 3.22. The summed E-state index contributed by atoms with van der Waals surface area (Å²) in [5, 5.41) is 8.49. The van der Waals surface area contributed by atoms with E-state index in [1.165, 1.54) is 11.3 Å². The van der Waals surface area contributed by atoms with Gasteiger partial charge in [-0.3, -0.25) is 4.79 Å². The third kappa shape index (κ3) is 6.13. The van der Waals surface area contributed by atoms with Crippen LogP contribution in [-0.2, 0) is 4.74 Å². The molecule has 0 radical (unpaired) electrons. The number of rotatable bonds is 8. The van der Waals surface area contributed by atoms with E-state index in [0.717, 1.165) is 16.3 Å². The van der Waals surface area contributed by atoms with E-state index in [-0.39, 0.29) is 11.9 Å². The van der Waals surface area contributed by atoms with Gasteiger partial charge in [0, 0.05) is 12.6 Å². The summed E-state index contributed by atoms with van der Waals surface area (Å²) < 4.78 is 4.92. The molecule has 0 spiro atoms. The number of hydrogen-bond donors (Lipinski definition) is 2. The zero-order valence-electron chi connectivity index (χ0n) is 14.6. The van der Waals surface area contributed by atoms with Crippen molar-refractivity contribution in [3.63, 3.8) is 0 Å². The zero-order valence-corrected chi connectivity index (χ0v) is 16.2. The van der Waals surface area contributed by atoms with Gasteiger partial charge in [0.2, 0.25) is 0 Å². The van der Waals surface area contributed by atoms with E-state index in [4.69, 9.17) is 4.74 Å². The van der Waals surface area contributed by atoms with Gasteiger partial charge in [0.15, 0.2) is 0 Å². The molecule has 2 N–H and O–H groups in total. The van der Waals surface area contributed by atoms with Crippen LogP contribution in [0.2, 0.25) is 0 Å². The molecule has 1 atom stereocenters. The lowest BCUT2D eigenvalue weighted by molar-refractivity contribution is 0.0948. The van der Waals surface area contributed by atoms with Gasteiger partial charge >= 0.3 is 6.09 Å². The molecule has 8 heteroatoms. The molecule has 136 valence electrons. The van der Waals surface area contributed by atoms with Crippen LogP contribution in [-0.4, -0.2) is 36.2 Å². The maximum atomic E-state index is 12.3. The first-order valence-electron chi connectivity index (χ1n) is 8.20. The number of alkyl carbamates (subject to hydrolysis) is 1. The largest absolute Gasteiger partial charge is 0.450 e. The van der Waals surface area contributed by atoms with Crippen molar-refractivity contribution in [2.75, 3.05) is 13.2 Å². The van der Waals surface area contributed by atoms with Gasteiger partial charge in [-0.15, -0.1) is 22.7 Å². The maximum Gasteiger partial charge on any atom is 0.407 e. The van der Waals surface area contributed by atoms with Crippen molar-refractivity contribution in [3.05, 3.63) is 28.6 Å². The Morgan fingerprint density at radius 3 is 2.80 bits per heavy atom. The van der Waals surface area contributed by atoms with Gasteiger partial charge in [-0.1, -0.05) is 19.9 Å². The molecule has 0 aliphatic rings. The fourth-order valence-electron chi connectivity index (χ4n) is 2.30. The first-order valence-corrected chi connectivity index (χ1v) is 9.90. The van der Waals surface area contributed by atoms with Crippen LogP contribution in [0.4, 0.5) is 4.79 Å². The number of aromatic nitrogens is 1. The van der Waals surface area contributed by atoms with E-state index >= 15 is 0 Å². The van der Waals surface area contributed by atoms with Crippen LogP contribution in [0.5, 0.6) is 0 Å². The van der Waals surface area contributed by atoms with Crippen molar-refractivity contribution >= 4 is 34.7 Å². The number of nitrogens with one attached hydrogen (secondary N) is 2. The summed E-state index contributed by atoms with van der Waals surface area (Å²) in [5.74, 6) is 0.206. The minimum Gasteiger partial charge on any atom is -0.450 e. The Kier molecular flexibility index (Phi) is 7.39. The third-order valence-electron chi connectivity index (χ3n) is 3.32. The third-order valence-corrected chi connectivity index (χ3v) is 5.36. The first kappa shape index (κ1) is 19.4. The predicted octanol–water partition coefficient (Wildman–Crippen LogP) is 3.76. The van der Waals surface area contributed by atoms with E-state index in [9.17, 15) is 9.59 Å². The molecule has 2 aromatic heterocycles. The number of nitrogens with zero attached hydrogens (tertiary/aromatic N) is 1. The van der Waals surface area contributed by atoms with Crippen molar-refractivity contribution in [1.82, 2.24) is 15.6 Å². The summed E-state index contributed by atoms with van der Waals surface area (Å²) in [4.78, 5) is 29.9. The summed E-state index contributed by atoms with van der Waals surface area (Å²) >= 11 is 2.95. The number of thiophene rings is 1. The van der Waals surface area contributed by atoms with E-state index in [2.05, 4.69) is 29.5 Å². The highest BCUT2D eigenvalue weighted by atomic mass is 32.1. The van der Waals surface area contributed by atoms with Crippen molar-refractivity contribution in [2.45, 2.75) is 33.2 Å². The quantitative estimate of drug-likeness (QED) is 0.729. The lowest BCUT2D eigenvalue weighted by Gasteiger charge is -2.20. The lowest BCUT2D eigenvalue weighted by atomic mass is 10.0. The minimum atomic E-state index is -0.458. The van der Waals surface area contributed by atoms with E-state index in [1.807, 2.05) is 17.5 Å². The highest BCUT2D eigenvalue weighted by Gasteiger charge is 2.18. The van der Waals surface area contributed by atoms with Crippen LogP contribution < -0.4 is 10.6 Å². The van der Waals surface area contributed by atoms with Crippen molar-refractivity contribution in [1.29, 1.82) is 0 Å². The number of amides is 2. The summed E-state index contributed by atoms with van der Waals surface area (Å²) in [6.07, 6.45) is 1.88. The van der Waals surface area contributed by atoms with E-state index < -0.39 is 6.09 Å². The lowest BCUT2D eigenvalue weighted by Crippen LogP contribution is -2.44. The number of hydrogen-bond acceptors (Lipinski definition) is 6. The second kappa shape index (κ2) is 9.53. The van der Waals surface area contributed by atoms with E-state index in [0.29, 0.717) is 23.9 Å². The Morgan fingerprint density at radius 2 is 2.16 bits per heavy atom. The first-order chi connectivity index (χ1) is 12.0. The van der Waals surface area contributed by atoms with Crippen molar-refractivity contribution in [3.8, 4) is 9.88 Å². The molecule has 0 saturated carbocycles. The Labute approximate surface area is 155 Å². The highest BCUT2D eigenvalue weighted by molar-refractivity contribution is 7.21. The molecule has 0 aliphatic carbocycles. The van der Waals surface area contributed by atoms with Gasteiger partial charge < -0.3 is 15.4 Å². The van der Waals surface area contributed by atoms with Crippen LogP contribution >= 0.6 is 22.7 Å². The van der Waals surface area contributed by atoms with Gasteiger partial charge in [-0.2, -0.15) is 0 Å². The molecule has 1 unspecified atom stereocenters. The minimum absolute atomic E-state index is 0.173. The molecule has 2 amide bonds. The number of carbonyl (C=O) groups is 2. The highest BCUT2D eigenvalue weighted by Crippen LogP contribution is 2.28. The molecular weight excluding hydrogens is 358 g/mol. The SMILES string of the molecule is CCOC(=O)NC(CNC(=O)c1cnc(-c2cccs2)s1)CC(C)C. The Balaban J connectivity index is 1.92. The van der Waals surface area contributed by atoms with Crippen LogP contribution in [0.15, 0.2) is 23.7 Å². The fourth-order valence-corrected chi connectivity index (χ4v) is 3.93. The molecule has 0 aliphatic heterocycles. The standard InChI is InChI=1S/C17H23N3O3S2/c1-4-23-17(22)20-12(8-11(2)3)9-18-15(21)14-10-19-16(25-14)13-6-5-7-24-13/h5-7,10-12H,4,8-9H2,1-3H3,(H,18,21)(H,20,22). The topological polar surface area (TPSA) is 80.3 Å². The molecule has 25 heavy (non-hydrogen) atoms. The number of ether oxygens (including phenoxy) is 1. The number of thiazole rings is 1. The Bertz CT molecular complexity index is 683.